The third kappa shape index (κ3) is 5.88. The van der Waals surface area contributed by atoms with E-state index in [0.29, 0.717) is 37.1 Å². The molecule has 8 nitrogen and oxygen atoms in total. The van der Waals surface area contributed by atoms with Gasteiger partial charge in [0, 0.05) is 31.8 Å². The molecule has 0 radical (unpaired) electrons. The molecular weight excluding hydrogens is 346 g/mol. The Hall–Kier alpha value is -3.29. The van der Waals surface area contributed by atoms with Gasteiger partial charge < -0.3 is 14.6 Å². The van der Waals surface area contributed by atoms with E-state index in [1.165, 1.54) is 5.56 Å². The molecule has 0 aliphatic carbocycles. The van der Waals surface area contributed by atoms with Crippen molar-refractivity contribution in [1.29, 1.82) is 0 Å². The summed E-state index contributed by atoms with van der Waals surface area (Å²) in [5.74, 6) is 1.86. The minimum atomic E-state index is -0.0685. The number of hydrogen-bond acceptors (Lipinski definition) is 7. The van der Waals surface area contributed by atoms with E-state index < -0.39 is 0 Å². The molecule has 0 saturated carbocycles. The zero-order valence-electron chi connectivity index (χ0n) is 15.1. The Bertz CT molecular complexity index is 849. The molecular formula is C19H21N5O3. The number of aromatic nitrogens is 4. The topological polar surface area (TPSA) is 103 Å². The standard InChI is InChI=1S/C19H21N5O3/c1-14-4-6-15(7-5-14)26-13-3-12-20-16(25)8-9-17-23-19(24-27-17)18-21-10-2-11-22-18/h2,4-7,10-11H,3,8-9,12-13H2,1H3,(H,20,25). The van der Waals surface area contributed by atoms with Gasteiger partial charge in [-0.15, -0.1) is 0 Å². The number of rotatable bonds is 9. The zero-order chi connectivity index (χ0) is 18.9. The summed E-state index contributed by atoms with van der Waals surface area (Å²) in [7, 11) is 0. The highest BCUT2D eigenvalue weighted by Gasteiger charge is 2.12. The molecule has 0 fully saturated rings. The van der Waals surface area contributed by atoms with Crippen molar-refractivity contribution in [1.82, 2.24) is 25.4 Å². The van der Waals surface area contributed by atoms with Gasteiger partial charge in [-0.3, -0.25) is 4.79 Å². The van der Waals surface area contributed by atoms with Gasteiger partial charge in [0.15, 0.2) is 0 Å². The third-order valence-corrected chi connectivity index (χ3v) is 3.73. The molecule has 3 rings (SSSR count). The summed E-state index contributed by atoms with van der Waals surface area (Å²) in [4.78, 5) is 24.2. The number of amides is 1. The average molecular weight is 367 g/mol. The quantitative estimate of drug-likeness (QED) is 0.579. The summed E-state index contributed by atoms with van der Waals surface area (Å²) in [5.41, 5.74) is 1.19. The predicted octanol–water partition coefficient (Wildman–Crippen LogP) is 2.35. The SMILES string of the molecule is Cc1ccc(OCCCNC(=O)CCc2nc(-c3ncccn3)no2)cc1. The zero-order valence-corrected chi connectivity index (χ0v) is 15.1. The molecule has 2 heterocycles. The van der Waals surface area contributed by atoms with Crippen LogP contribution in [0.15, 0.2) is 47.2 Å². The fraction of sp³-hybridized carbons (Fsp3) is 0.316. The van der Waals surface area contributed by atoms with Crippen LogP contribution in [-0.2, 0) is 11.2 Å². The van der Waals surface area contributed by atoms with Crippen molar-refractivity contribution in [3.05, 3.63) is 54.2 Å². The number of benzene rings is 1. The summed E-state index contributed by atoms with van der Waals surface area (Å²) in [5, 5.41) is 6.68. The van der Waals surface area contributed by atoms with E-state index in [-0.39, 0.29) is 12.3 Å². The lowest BCUT2D eigenvalue weighted by Crippen LogP contribution is -2.25. The Morgan fingerprint density at radius 3 is 2.70 bits per heavy atom. The smallest absolute Gasteiger partial charge is 0.240 e. The number of nitrogens with one attached hydrogen (secondary N) is 1. The second-order valence-electron chi connectivity index (χ2n) is 5.95. The fourth-order valence-corrected chi connectivity index (χ4v) is 2.30. The number of aryl methyl sites for hydroxylation is 2. The molecule has 0 atom stereocenters. The van der Waals surface area contributed by atoms with Gasteiger partial charge in [-0.2, -0.15) is 4.98 Å². The lowest BCUT2D eigenvalue weighted by atomic mass is 10.2. The van der Waals surface area contributed by atoms with Gasteiger partial charge in [0.2, 0.25) is 23.4 Å². The minimum absolute atomic E-state index is 0.0685. The van der Waals surface area contributed by atoms with Crippen molar-refractivity contribution >= 4 is 5.91 Å². The highest BCUT2D eigenvalue weighted by atomic mass is 16.5. The van der Waals surface area contributed by atoms with Gasteiger partial charge in [0.1, 0.15) is 5.75 Å². The Kier molecular flexibility index (Phi) is 6.45. The van der Waals surface area contributed by atoms with Crippen LogP contribution in [0.4, 0.5) is 0 Å². The summed E-state index contributed by atoms with van der Waals surface area (Å²) in [6, 6.07) is 9.59. The fourth-order valence-electron chi connectivity index (χ4n) is 2.30. The number of carbonyl (C=O) groups excluding carboxylic acids is 1. The second kappa shape index (κ2) is 9.42. The molecule has 1 N–H and O–H groups in total. The highest BCUT2D eigenvalue weighted by Crippen LogP contribution is 2.12. The number of ether oxygens (including phenoxy) is 1. The maximum atomic E-state index is 11.9. The Labute approximate surface area is 157 Å². The second-order valence-corrected chi connectivity index (χ2v) is 5.95. The van der Waals surface area contributed by atoms with Crippen LogP contribution in [0.3, 0.4) is 0 Å². The van der Waals surface area contributed by atoms with Gasteiger partial charge in [-0.1, -0.05) is 22.9 Å². The van der Waals surface area contributed by atoms with Crippen molar-refractivity contribution in [2.75, 3.05) is 13.2 Å². The molecule has 0 unspecified atom stereocenters. The van der Waals surface area contributed by atoms with Crippen molar-refractivity contribution in [3.63, 3.8) is 0 Å². The van der Waals surface area contributed by atoms with Crippen molar-refractivity contribution in [2.45, 2.75) is 26.2 Å². The van der Waals surface area contributed by atoms with Gasteiger partial charge in [0.25, 0.3) is 0 Å². The molecule has 0 spiro atoms. The van der Waals surface area contributed by atoms with E-state index >= 15 is 0 Å². The van der Waals surface area contributed by atoms with Crippen molar-refractivity contribution in [3.8, 4) is 17.4 Å². The van der Waals surface area contributed by atoms with Crippen LogP contribution in [0.1, 0.15) is 24.3 Å². The van der Waals surface area contributed by atoms with Crippen LogP contribution in [0.25, 0.3) is 11.6 Å². The van der Waals surface area contributed by atoms with E-state index in [4.69, 9.17) is 9.26 Å². The number of carbonyl (C=O) groups is 1. The molecule has 0 bridgehead atoms. The first-order chi connectivity index (χ1) is 13.2. The third-order valence-electron chi connectivity index (χ3n) is 3.73. The normalized spacial score (nSPS) is 10.6. The maximum absolute atomic E-state index is 11.9. The van der Waals surface area contributed by atoms with E-state index in [0.717, 1.165) is 12.2 Å². The Morgan fingerprint density at radius 2 is 1.93 bits per heavy atom. The number of hydrogen-bond donors (Lipinski definition) is 1. The number of nitrogens with zero attached hydrogens (tertiary/aromatic N) is 4. The predicted molar refractivity (Wildman–Crippen MR) is 97.9 cm³/mol. The lowest BCUT2D eigenvalue weighted by molar-refractivity contribution is -0.121. The first-order valence-electron chi connectivity index (χ1n) is 8.77. The average Bonchev–Trinajstić information content (AvgIpc) is 3.17. The van der Waals surface area contributed by atoms with Gasteiger partial charge >= 0.3 is 0 Å². The van der Waals surface area contributed by atoms with Crippen LogP contribution >= 0.6 is 0 Å². The molecule has 0 aliphatic heterocycles. The van der Waals surface area contributed by atoms with Crippen LogP contribution in [-0.4, -0.2) is 39.2 Å². The molecule has 140 valence electrons. The molecule has 2 aromatic heterocycles. The van der Waals surface area contributed by atoms with Crippen molar-refractivity contribution in [2.24, 2.45) is 0 Å². The van der Waals surface area contributed by atoms with Crippen LogP contribution in [0.2, 0.25) is 0 Å². The van der Waals surface area contributed by atoms with Crippen LogP contribution in [0, 0.1) is 6.92 Å². The van der Waals surface area contributed by atoms with E-state index in [9.17, 15) is 4.79 Å². The minimum Gasteiger partial charge on any atom is -0.494 e. The summed E-state index contributed by atoms with van der Waals surface area (Å²) in [6.07, 6.45) is 4.58. The van der Waals surface area contributed by atoms with Crippen LogP contribution < -0.4 is 10.1 Å². The lowest BCUT2D eigenvalue weighted by Gasteiger charge is -2.07. The van der Waals surface area contributed by atoms with E-state index in [1.807, 2.05) is 31.2 Å². The van der Waals surface area contributed by atoms with Gasteiger partial charge in [-0.05, 0) is 31.5 Å². The highest BCUT2D eigenvalue weighted by molar-refractivity contribution is 5.75. The van der Waals surface area contributed by atoms with E-state index in [2.05, 4.69) is 25.4 Å². The monoisotopic (exact) mass is 367 g/mol. The first-order valence-corrected chi connectivity index (χ1v) is 8.77. The summed E-state index contributed by atoms with van der Waals surface area (Å²) < 4.78 is 10.7. The Balaban J connectivity index is 1.32. The largest absolute Gasteiger partial charge is 0.494 e. The van der Waals surface area contributed by atoms with Gasteiger partial charge in [-0.25, -0.2) is 9.97 Å². The summed E-state index contributed by atoms with van der Waals surface area (Å²) >= 11 is 0. The molecule has 0 aliphatic rings. The van der Waals surface area contributed by atoms with E-state index in [1.54, 1.807) is 18.5 Å². The van der Waals surface area contributed by atoms with Crippen LogP contribution in [0.5, 0.6) is 5.75 Å². The molecule has 1 amide bonds. The van der Waals surface area contributed by atoms with Crippen molar-refractivity contribution < 1.29 is 14.1 Å². The van der Waals surface area contributed by atoms with Gasteiger partial charge in [0.05, 0.1) is 6.61 Å². The molecule has 0 saturated heterocycles. The maximum Gasteiger partial charge on any atom is 0.240 e. The molecule has 27 heavy (non-hydrogen) atoms. The summed E-state index contributed by atoms with van der Waals surface area (Å²) in [6.45, 7) is 3.13. The first kappa shape index (κ1) is 18.5. The Morgan fingerprint density at radius 1 is 1.15 bits per heavy atom. The molecule has 3 aromatic rings. The molecule has 1 aromatic carbocycles. The molecule has 8 heteroatoms.